The van der Waals surface area contributed by atoms with Crippen molar-refractivity contribution in [1.29, 1.82) is 0 Å². The van der Waals surface area contributed by atoms with Crippen LogP contribution in [0.25, 0.3) is 0 Å². The molecule has 0 aliphatic heterocycles. The number of carbonyl (C=O) groups is 1. The number of aromatic nitrogens is 1. The first kappa shape index (κ1) is 19.4. The minimum Gasteiger partial charge on any atom is -0.489 e. The number of nitrogens with one attached hydrogen (secondary N) is 2. The molecule has 28 heavy (non-hydrogen) atoms. The van der Waals surface area contributed by atoms with E-state index in [1.165, 1.54) is 6.07 Å². The van der Waals surface area contributed by atoms with Crippen molar-refractivity contribution in [2.24, 2.45) is 0 Å². The van der Waals surface area contributed by atoms with Gasteiger partial charge in [0.1, 0.15) is 17.4 Å². The zero-order valence-corrected chi connectivity index (χ0v) is 15.8. The van der Waals surface area contributed by atoms with Crippen molar-refractivity contribution >= 4 is 23.1 Å². The van der Waals surface area contributed by atoms with Gasteiger partial charge in [0.15, 0.2) is 0 Å². The topological polar surface area (TPSA) is 63.2 Å². The monoisotopic (exact) mass is 379 g/mol. The highest BCUT2D eigenvalue weighted by Crippen LogP contribution is 2.28. The van der Waals surface area contributed by atoms with Crippen LogP contribution in [-0.2, 0) is 11.2 Å². The summed E-state index contributed by atoms with van der Waals surface area (Å²) in [6.45, 7) is 3.94. The molecule has 1 amide bonds. The first-order valence-corrected chi connectivity index (χ1v) is 9.03. The number of pyridine rings is 1. The zero-order chi connectivity index (χ0) is 19.9. The van der Waals surface area contributed by atoms with E-state index in [2.05, 4.69) is 15.6 Å². The Morgan fingerprint density at radius 3 is 2.54 bits per heavy atom. The van der Waals surface area contributed by atoms with Gasteiger partial charge in [-0.25, -0.2) is 9.37 Å². The van der Waals surface area contributed by atoms with Crippen LogP contribution >= 0.6 is 0 Å². The van der Waals surface area contributed by atoms with Crippen LogP contribution in [0.3, 0.4) is 0 Å². The fraction of sp³-hybridized carbons (Fsp3) is 0.182. The van der Waals surface area contributed by atoms with Crippen LogP contribution in [0.5, 0.6) is 5.75 Å². The molecule has 0 radical (unpaired) electrons. The molecule has 0 fully saturated rings. The standard InChI is InChI=1S/C22H22FN3O2/c1-15(2)28-20-10-6-5-9-19(20)25-17-11-12-21(24-14-17)26-22(27)13-16-7-3-4-8-18(16)23/h3-12,14-15,25H,13H2,1-2H3,(H,24,26,27). The zero-order valence-electron chi connectivity index (χ0n) is 15.8. The molecule has 1 heterocycles. The van der Waals surface area contributed by atoms with Gasteiger partial charge in [0.2, 0.25) is 5.91 Å². The maximum Gasteiger partial charge on any atom is 0.230 e. The second kappa shape index (κ2) is 8.99. The minimum absolute atomic E-state index is 0.0474. The Balaban J connectivity index is 1.63. The Labute approximate surface area is 163 Å². The van der Waals surface area contributed by atoms with Gasteiger partial charge < -0.3 is 15.4 Å². The molecule has 0 aliphatic carbocycles. The fourth-order valence-electron chi connectivity index (χ4n) is 2.63. The van der Waals surface area contributed by atoms with Crippen LogP contribution in [0.1, 0.15) is 19.4 Å². The van der Waals surface area contributed by atoms with Crippen molar-refractivity contribution in [3.63, 3.8) is 0 Å². The molecule has 1 aromatic heterocycles. The molecule has 0 aliphatic rings. The van der Waals surface area contributed by atoms with Gasteiger partial charge in [0, 0.05) is 0 Å². The quantitative estimate of drug-likeness (QED) is 0.611. The molecule has 0 saturated heterocycles. The van der Waals surface area contributed by atoms with Crippen LogP contribution in [-0.4, -0.2) is 17.0 Å². The van der Waals surface area contributed by atoms with Crippen LogP contribution < -0.4 is 15.4 Å². The van der Waals surface area contributed by atoms with Crippen LogP contribution in [0.2, 0.25) is 0 Å². The Kier molecular flexibility index (Phi) is 6.22. The number of ether oxygens (including phenoxy) is 1. The molecule has 3 aromatic rings. The second-order valence-corrected chi connectivity index (χ2v) is 6.54. The lowest BCUT2D eigenvalue weighted by Crippen LogP contribution is -2.16. The van der Waals surface area contributed by atoms with Crippen molar-refractivity contribution in [1.82, 2.24) is 4.98 Å². The summed E-state index contributed by atoms with van der Waals surface area (Å²) in [5, 5.41) is 5.93. The van der Waals surface area contributed by atoms with E-state index in [4.69, 9.17) is 4.74 Å². The lowest BCUT2D eigenvalue weighted by Gasteiger charge is -2.15. The molecule has 0 unspecified atom stereocenters. The van der Waals surface area contributed by atoms with E-state index in [-0.39, 0.29) is 18.4 Å². The van der Waals surface area contributed by atoms with E-state index in [1.54, 1.807) is 36.5 Å². The van der Waals surface area contributed by atoms with E-state index in [0.717, 1.165) is 17.1 Å². The predicted molar refractivity (Wildman–Crippen MR) is 108 cm³/mol. The summed E-state index contributed by atoms with van der Waals surface area (Å²) in [5.41, 5.74) is 1.93. The number of halogens is 1. The van der Waals surface area contributed by atoms with Gasteiger partial charge in [-0.05, 0) is 49.7 Å². The van der Waals surface area contributed by atoms with Gasteiger partial charge in [-0.1, -0.05) is 30.3 Å². The molecule has 2 aromatic carbocycles. The lowest BCUT2D eigenvalue weighted by atomic mass is 10.1. The molecule has 0 spiro atoms. The molecule has 144 valence electrons. The number of hydrogen-bond acceptors (Lipinski definition) is 4. The second-order valence-electron chi connectivity index (χ2n) is 6.54. The largest absolute Gasteiger partial charge is 0.489 e. The summed E-state index contributed by atoms with van der Waals surface area (Å²) in [4.78, 5) is 16.3. The Morgan fingerprint density at radius 2 is 1.82 bits per heavy atom. The average Bonchev–Trinajstić information content (AvgIpc) is 2.66. The number of carbonyl (C=O) groups excluding carboxylic acids is 1. The van der Waals surface area contributed by atoms with E-state index in [0.29, 0.717) is 11.4 Å². The molecule has 3 rings (SSSR count). The van der Waals surface area contributed by atoms with Crippen molar-refractivity contribution in [3.05, 3.63) is 78.2 Å². The van der Waals surface area contributed by atoms with Crippen LogP contribution in [0, 0.1) is 5.82 Å². The van der Waals surface area contributed by atoms with Crippen LogP contribution in [0.15, 0.2) is 66.9 Å². The number of para-hydroxylation sites is 2. The third-order valence-electron chi connectivity index (χ3n) is 3.87. The number of amides is 1. The molecular weight excluding hydrogens is 357 g/mol. The van der Waals surface area contributed by atoms with Crippen molar-refractivity contribution < 1.29 is 13.9 Å². The van der Waals surface area contributed by atoms with Crippen molar-refractivity contribution in [2.75, 3.05) is 10.6 Å². The normalized spacial score (nSPS) is 10.6. The lowest BCUT2D eigenvalue weighted by molar-refractivity contribution is -0.115. The van der Waals surface area contributed by atoms with Gasteiger partial charge in [-0.2, -0.15) is 0 Å². The SMILES string of the molecule is CC(C)Oc1ccccc1Nc1ccc(NC(=O)Cc2ccccc2F)nc1. The first-order valence-electron chi connectivity index (χ1n) is 9.03. The summed E-state index contributed by atoms with van der Waals surface area (Å²) < 4.78 is 19.4. The number of rotatable bonds is 7. The number of benzene rings is 2. The van der Waals surface area contributed by atoms with E-state index in [9.17, 15) is 9.18 Å². The molecular formula is C22H22FN3O2. The van der Waals surface area contributed by atoms with Gasteiger partial charge in [0.05, 0.1) is 30.1 Å². The predicted octanol–water partition coefficient (Wildman–Crippen LogP) is 4.93. The summed E-state index contributed by atoms with van der Waals surface area (Å²) >= 11 is 0. The molecule has 2 N–H and O–H groups in total. The Hall–Kier alpha value is -3.41. The third kappa shape index (κ3) is 5.30. The van der Waals surface area contributed by atoms with Gasteiger partial charge in [-0.3, -0.25) is 4.79 Å². The summed E-state index contributed by atoms with van der Waals surface area (Å²) in [7, 11) is 0. The Bertz CT molecular complexity index is 943. The summed E-state index contributed by atoms with van der Waals surface area (Å²) in [5.74, 6) is 0.430. The minimum atomic E-state index is -0.396. The van der Waals surface area contributed by atoms with Crippen molar-refractivity contribution in [2.45, 2.75) is 26.4 Å². The fourth-order valence-corrected chi connectivity index (χ4v) is 2.63. The molecule has 6 heteroatoms. The van der Waals surface area contributed by atoms with Crippen LogP contribution in [0.4, 0.5) is 21.6 Å². The molecule has 0 saturated carbocycles. The van der Waals surface area contributed by atoms with Gasteiger partial charge in [0.25, 0.3) is 0 Å². The highest BCUT2D eigenvalue weighted by Gasteiger charge is 2.09. The highest BCUT2D eigenvalue weighted by atomic mass is 19.1. The molecule has 0 atom stereocenters. The van der Waals surface area contributed by atoms with E-state index in [1.807, 2.05) is 38.1 Å². The maximum atomic E-state index is 13.6. The van der Waals surface area contributed by atoms with Gasteiger partial charge in [-0.15, -0.1) is 0 Å². The highest BCUT2D eigenvalue weighted by molar-refractivity contribution is 5.91. The number of anilines is 3. The van der Waals surface area contributed by atoms with Gasteiger partial charge >= 0.3 is 0 Å². The summed E-state index contributed by atoms with van der Waals surface area (Å²) in [6, 6.07) is 17.4. The summed E-state index contributed by atoms with van der Waals surface area (Å²) in [6.07, 6.45) is 1.63. The third-order valence-corrected chi connectivity index (χ3v) is 3.87. The maximum absolute atomic E-state index is 13.6. The molecule has 0 bridgehead atoms. The van der Waals surface area contributed by atoms with E-state index < -0.39 is 5.82 Å². The first-order chi connectivity index (χ1) is 13.5. The number of hydrogen-bond donors (Lipinski definition) is 2. The smallest absolute Gasteiger partial charge is 0.230 e. The number of nitrogens with zero attached hydrogens (tertiary/aromatic N) is 1. The average molecular weight is 379 g/mol. The Morgan fingerprint density at radius 1 is 1.07 bits per heavy atom. The van der Waals surface area contributed by atoms with Crippen molar-refractivity contribution in [3.8, 4) is 5.75 Å². The molecule has 5 nitrogen and oxygen atoms in total. The van der Waals surface area contributed by atoms with E-state index >= 15 is 0 Å².